The fourth-order valence-electron chi connectivity index (χ4n) is 2.82. The summed E-state index contributed by atoms with van der Waals surface area (Å²) in [6, 6.07) is 0.589. The molecule has 1 saturated heterocycles. The molecular formula is C13H21N7. The number of aromatic nitrogens is 4. The minimum Gasteiger partial charge on any atom is -0.357 e. The number of hydrogen-bond donors (Lipinski definition) is 2. The third-order valence-electron chi connectivity index (χ3n) is 4.01. The largest absolute Gasteiger partial charge is 0.357 e. The second kappa shape index (κ2) is 5.24. The van der Waals surface area contributed by atoms with E-state index in [9.17, 15) is 0 Å². The predicted molar refractivity (Wildman–Crippen MR) is 80.2 cm³/mol. The molecule has 1 aliphatic rings. The van der Waals surface area contributed by atoms with Gasteiger partial charge in [0.15, 0.2) is 11.5 Å². The van der Waals surface area contributed by atoms with E-state index in [0.717, 1.165) is 17.9 Å². The van der Waals surface area contributed by atoms with Crippen molar-refractivity contribution in [3.05, 3.63) is 6.33 Å². The quantitative estimate of drug-likeness (QED) is 0.864. The average Bonchev–Trinajstić information content (AvgIpc) is 3.06. The van der Waals surface area contributed by atoms with Crippen LogP contribution in [0.2, 0.25) is 0 Å². The molecule has 0 saturated carbocycles. The van der Waals surface area contributed by atoms with Gasteiger partial charge in [-0.05, 0) is 26.4 Å². The normalized spacial score (nSPS) is 19.6. The second-order valence-electron chi connectivity index (χ2n) is 5.38. The van der Waals surface area contributed by atoms with E-state index in [2.05, 4.69) is 49.1 Å². The lowest BCUT2D eigenvalue weighted by Crippen LogP contribution is -2.37. The van der Waals surface area contributed by atoms with Crippen LogP contribution in [0.1, 0.15) is 12.8 Å². The van der Waals surface area contributed by atoms with E-state index in [-0.39, 0.29) is 0 Å². The van der Waals surface area contributed by atoms with Crippen molar-refractivity contribution in [2.75, 3.05) is 44.4 Å². The molecule has 20 heavy (non-hydrogen) atoms. The monoisotopic (exact) mass is 275 g/mol. The van der Waals surface area contributed by atoms with E-state index in [1.165, 1.54) is 19.4 Å². The van der Waals surface area contributed by atoms with Crippen LogP contribution in [0.4, 0.5) is 11.8 Å². The van der Waals surface area contributed by atoms with Gasteiger partial charge in [0.2, 0.25) is 5.95 Å². The van der Waals surface area contributed by atoms with Gasteiger partial charge in [-0.15, -0.1) is 0 Å². The van der Waals surface area contributed by atoms with Crippen molar-refractivity contribution in [1.29, 1.82) is 0 Å². The predicted octanol–water partition coefficient (Wildman–Crippen LogP) is 0.925. The van der Waals surface area contributed by atoms with Gasteiger partial charge in [0.1, 0.15) is 5.52 Å². The number of nitrogens with zero attached hydrogens (tertiary/aromatic N) is 5. The van der Waals surface area contributed by atoms with Gasteiger partial charge in [0, 0.05) is 26.7 Å². The molecule has 0 radical (unpaired) electrons. The van der Waals surface area contributed by atoms with Crippen molar-refractivity contribution in [3.63, 3.8) is 0 Å². The molecule has 1 aliphatic heterocycles. The maximum atomic E-state index is 4.57. The standard InChI is InChI=1S/C13H21N7/c1-14-13-17-11-10(15-8-16-11)12(18-13)20(3)7-9-5-4-6-19(9)2/h8-9H,4-7H2,1-3H3,(H2,14,15,16,17,18). The molecule has 7 nitrogen and oxygen atoms in total. The summed E-state index contributed by atoms with van der Waals surface area (Å²) in [4.78, 5) is 20.9. The van der Waals surface area contributed by atoms with Crippen molar-refractivity contribution in [2.24, 2.45) is 0 Å². The van der Waals surface area contributed by atoms with Gasteiger partial charge in [-0.3, -0.25) is 0 Å². The lowest BCUT2D eigenvalue weighted by atomic mass is 10.2. The van der Waals surface area contributed by atoms with E-state index in [4.69, 9.17) is 0 Å². The molecule has 0 aromatic carbocycles. The van der Waals surface area contributed by atoms with Crippen molar-refractivity contribution in [2.45, 2.75) is 18.9 Å². The number of fused-ring (bicyclic) bond motifs is 1. The van der Waals surface area contributed by atoms with Gasteiger partial charge in [-0.25, -0.2) is 4.98 Å². The first-order chi connectivity index (χ1) is 9.69. The van der Waals surface area contributed by atoms with Gasteiger partial charge in [0.25, 0.3) is 0 Å². The molecule has 1 fully saturated rings. The van der Waals surface area contributed by atoms with Crippen molar-refractivity contribution < 1.29 is 0 Å². The molecule has 2 N–H and O–H groups in total. The minimum absolute atomic E-state index is 0.589. The second-order valence-corrected chi connectivity index (χ2v) is 5.38. The highest BCUT2D eigenvalue weighted by atomic mass is 15.3. The molecule has 0 spiro atoms. The highest BCUT2D eigenvalue weighted by Gasteiger charge is 2.24. The number of anilines is 2. The number of aromatic amines is 1. The third kappa shape index (κ3) is 2.29. The zero-order valence-electron chi connectivity index (χ0n) is 12.2. The lowest BCUT2D eigenvalue weighted by Gasteiger charge is -2.26. The Morgan fingerprint density at radius 2 is 2.35 bits per heavy atom. The Bertz CT molecular complexity index is 593. The first-order valence-electron chi connectivity index (χ1n) is 6.99. The van der Waals surface area contributed by atoms with E-state index in [1.54, 1.807) is 6.33 Å². The Balaban J connectivity index is 1.89. The highest BCUT2D eigenvalue weighted by molar-refractivity contribution is 5.84. The summed E-state index contributed by atoms with van der Waals surface area (Å²) in [6.07, 6.45) is 4.19. The van der Waals surface area contributed by atoms with Gasteiger partial charge in [-0.2, -0.15) is 9.97 Å². The van der Waals surface area contributed by atoms with Gasteiger partial charge in [0.05, 0.1) is 6.33 Å². The molecule has 1 unspecified atom stereocenters. The number of nitrogens with one attached hydrogen (secondary N) is 2. The molecule has 3 rings (SSSR count). The van der Waals surface area contributed by atoms with E-state index in [1.807, 2.05) is 7.05 Å². The van der Waals surface area contributed by atoms with Crippen LogP contribution in [0.15, 0.2) is 6.33 Å². The molecule has 0 aliphatic carbocycles. The Morgan fingerprint density at radius 1 is 1.50 bits per heavy atom. The lowest BCUT2D eigenvalue weighted by molar-refractivity contribution is 0.314. The Labute approximate surface area is 118 Å². The van der Waals surface area contributed by atoms with E-state index in [0.29, 0.717) is 17.6 Å². The van der Waals surface area contributed by atoms with Crippen LogP contribution in [0, 0.1) is 0 Å². The average molecular weight is 275 g/mol. The molecule has 2 aromatic rings. The zero-order chi connectivity index (χ0) is 14.1. The summed E-state index contributed by atoms with van der Waals surface area (Å²) in [5.41, 5.74) is 1.60. The number of likely N-dealkylation sites (tertiary alicyclic amines) is 1. The summed E-state index contributed by atoms with van der Waals surface area (Å²) in [5, 5.41) is 2.99. The Kier molecular flexibility index (Phi) is 3.43. The van der Waals surface area contributed by atoms with Gasteiger partial charge >= 0.3 is 0 Å². The number of H-pyrrole nitrogens is 1. The topological polar surface area (TPSA) is 73.0 Å². The number of rotatable bonds is 4. The van der Waals surface area contributed by atoms with E-state index < -0.39 is 0 Å². The zero-order valence-corrected chi connectivity index (χ0v) is 12.2. The van der Waals surface area contributed by atoms with Crippen molar-refractivity contribution in [3.8, 4) is 0 Å². The SMILES string of the molecule is CNc1nc(N(C)CC2CCCN2C)c2[nH]cnc2n1. The van der Waals surface area contributed by atoms with Crippen LogP contribution < -0.4 is 10.2 Å². The Hall–Kier alpha value is -1.89. The smallest absolute Gasteiger partial charge is 0.226 e. The number of likely N-dealkylation sites (N-methyl/N-ethyl adjacent to an activating group) is 2. The molecule has 0 amide bonds. The maximum Gasteiger partial charge on any atom is 0.226 e. The van der Waals surface area contributed by atoms with Crippen molar-refractivity contribution >= 4 is 22.9 Å². The molecule has 3 heterocycles. The van der Waals surface area contributed by atoms with Crippen LogP contribution >= 0.6 is 0 Å². The first kappa shape index (κ1) is 13.1. The summed E-state index contributed by atoms with van der Waals surface area (Å²) < 4.78 is 0. The summed E-state index contributed by atoms with van der Waals surface area (Å²) >= 11 is 0. The Morgan fingerprint density at radius 3 is 3.05 bits per heavy atom. The summed E-state index contributed by atoms with van der Waals surface area (Å²) in [5.74, 6) is 1.50. The minimum atomic E-state index is 0.589. The molecule has 2 aromatic heterocycles. The highest BCUT2D eigenvalue weighted by Crippen LogP contribution is 2.24. The van der Waals surface area contributed by atoms with Crippen LogP contribution in [0.5, 0.6) is 0 Å². The summed E-state index contributed by atoms with van der Waals surface area (Å²) in [6.45, 7) is 2.15. The molecule has 0 bridgehead atoms. The molecule has 1 atom stereocenters. The van der Waals surface area contributed by atoms with Crippen LogP contribution in [-0.2, 0) is 0 Å². The number of hydrogen-bond acceptors (Lipinski definition) is 6. The summed E-state index contributed by atoms with van der Waals surface area (Å²) in [7, 11) is 6.09. The molecule has 7 heteroatoms. The third-order valence-corrected chi connectivity index (χ3v) is 4.01. The first-order valence-corrected chi connectivity index (χ1v) is 6.99. The van der Waals surface area contributed by atoms with Crippen LogP contribution in [0.25, 0.3) is 11.2 Å². The van der Waals surface area contributed by atoms with Crippen LogP contribution in [-0.4, -0.2) is 65.1 Å². The molecular weight excluding hydrogens is 254 g/mol. The fraction of sp³-hybridized carbons (Fsp3) is 0.615. The molecule has 108 valence electrons. The van der Waals surface area contributed by atoms with Crippen LogP contribution in [0.3, 0.4) is 0 Å². The van der Waals surface area contributed by atoms with Gasteiger partial charge < -0.3 is 20.1 Å². The van der Waals surface area contributed by atoms with Crippen molar-refractivity contribution in [1.82, 2.24) is 24.8 Å². The van der Waals surface area contributed by atoms with E-state index >= 15 is 0 Å². The number of imidazole rings is 1. The fourth-order valence-corrected chi connectivity index (χ4v) is 2.82. The maximum absolute atomic E-state index is 4.57. The van der Waals surface area contributed by atoms with Gasteiger partial charge in [-0.1, -0.05) is 0 Å².